The highest BCUT2D eigenvalue weighted by molar-refractivity contribution is 9.11. The van der Waals surface area contributed by atoms with Gasteiger partial charge in [-0.15, -0.1) is 0 Å². The number of alkyl halides is 3. The maximum atomic E-state index is 12.2. The first-order valence-corrected chi connectivity index (χ1v) is 32.5. The zero-order valence-electron chi connectivity index (χ0n) is 43.9. The summed E-state index contributed by atoms with van der Waals surface area (Å²) in [6, 6.07) is 26.5. The first-order valence-electron chi connectivity index (χ1n) is 24.2. The molecule has 0 spiro atoms. The third-order valence-corrected chi connectivity index (χ3v) is 16.6. The van der Waals surface area contributed by atoms with Crippen molar-refractivity contribution in [1.82, 2.24) is 63.7 Å². The minimum atomic E-state index is -3.55. The number of hydrogen-bond acceptors (Lipinski definition) is 15. The topological polar surface area (TPSA) is 198 Å². The molecule has 0 N–H and O–H groups in total. The summed E-state index contributed by atoms with van der Waals surface area (Å²) >= 11 is 24.7. The zero-order valence-corrected chi connectivity index (χ0v) is 52.6. The van der Waals surface area contributed by atoms with E-state index in [4.69, 9.17) is 39.6 Å². The van der Waals surface area contributed by atoms with E-state index in [1.165, 1.54) is 0 Å². The molecule has 3 atom stereocenters. The second-order valence-electron chi connectivity index (χ2n) is 18.1. The van der Waals surface area contributed by atoms with Gasteiger partial charge in [0, 0.05) is 89.8 Å². The van der Waals surface area contributed by atoms with E-state index in [9.17, 15) is 12.6 Å². The quantitative estimate of drug-likeness (QED) is 0.0572. The Kier molecular flexibility index (Phi) is 20.1. The Labute approximate surface area is 499 Å². The van der Waals surface area contributed by atoms with Crippen LogP contribution in [0.1, 0.15) is 71.5 Å². The van der Waals surface area contributed by atoms with Crippen molar-refractivity contribution in [2.45, 2.75) is 90.6 Å². The average molecular weight is 1330 g/mol. The van der Waals surface area contributed by atoms with Crippen LogP contribution in [0, 0.1) is 0 Å². The van der Waals surface area contributed by atoms with E-state index in [-0.39, 0.29) is 10.9 Å². The fourth-order valence-electron chi connectivity index (χ4n) is 8.18. The van der Waals surface area contributed by atoms with Crippen LogP contribution >= 0.6 is 90.2 Å². The molecule has 412 valence electrons. The van der Waals surface area contributed by atoms with Crippen molar-refractivity contribution in [3.8, 4) is 0 Å². The normalized spacial score (nSPS) is 14.6. The van der Waals surface area contributed by atoms with E-state index in [0.717, 1.165) is 94.7 Å². The van der Waals surface area contributed by atoms with Crippen molar-refractivity contribution in [1.29, 1.82) is 0 Å². The van der Waals surface area contributed by atoms with E-state index >= 15 is 0 Å². The fourth-order valence-corrected chi connectivity index (χ4v) is 11.6. The summed E-state index contributed by atoms with van der Waals surface area (Å²) in [6.45, 7) is 12.6. The minimum Gasteiger partial charge on any atom is -0.260 e. The lowest BCUT2D eigenvalue weighted by atomic mass is 10.2. The van der Waals surface area contributed by atoms with Crippen LogP contribution in [-0.2, 0) is 25.7 Å². The number of rotatable bonds is 9. The van der Waals surface area contributed by atoms with Gasteiger partial charge in [0.05, 0.1) is 50.8 Å². The van der Waals surface area contributed by atoms with Crippen LogP contribution in [-0.4, -0.2) is 99.4 Å². The number of hydrogen-bond donors (Lipinski definition) is 0. The SMILES string of the molecule is CC(C)n1ncc2c(Br)cc3cnc(S(C)=O)nc3c21.CSc1ncc2cc(Br)c3cnn(C(C)C)c3c2n1.CSc1ncc2ccc3cnn(C(C)C)c3c2n1.ClC(Cl)Cl.O=S(=O)(c1ccccc1)N1O[C@@H]1c1ccccc1. The molecule has 26 heteroatoms. The maximum absolute atomic E-state index is 12.2. The average Bonchev–Trinajstić information content (AvgIpc) is 3.76. The van der Waals surface area contributed by atoms with Crippen LogP contribution < -0.4 is 0 Å². The number of halogens is 5. The van der Waals surface area contributed by atoms with Crippen molar-refractivity contribution < 1.29 is 17.5 Å². The van der Waals surface area contributed by atoms with E-state index < -0.39 is 31.3 Å². The van der Waals surface area contributed by atoms with Gasteiger partial charge in [0.2, 0.25) is 5.16 Å². The van der Waals surface area contributed by atoms with Crippen LogP contribution in [0.25, 0.3) is 65.4 Å². The minimum absolute atomic E-state index is 0.218. The number of fused-ring (bicyclic) bond motifs is 9. The van der Waals surface area contributed by atoms with E-state index in [1.807, 2.05) is 106 Å². The van der Waals surface area contributed by atoms with Gasteiger partial charge in [-0.1, -0.05) is 151 Å². The van der Waals surface area contributed by atoms with Crippen LogP contribution in [0.15, 0.2) is 151 Å². The van der Waals surface area contributed by atoms with E-state index in [2.05, 4.69) is 125 Å². The molecule has 12 rings (SSSR count). The largest absolute Gasteiger partial charge is 0.267 e. The molecule has 79 heavy (non-hydrogen) atoms. The van der Waals surface area contributed by atoms with Crippen molar-refractivity contribution >= 4 is 176 Å². The van der Waals surface area contributed by atoms with Gasteiger partial charge in [-0.2, -0.15) is 15.3 Å². The summed E-state index contributed by atoms with van der Waals surface area (Å²) in [5.41, 5.74) is 6.67. The highest BCUT2D eigenvalue weighted by Gasteiger charge is 2.48. The Hall–Kier alpha value is -4.92. The number of sulfonamides is 1. The van der Waals surface area contributed by atoms with Crippen molar-refractivity contribution in [3.63, 3.8) is 0 Å². The molecule has 0 saturated carbocycles. The molecule has 0 bridgehead atoms. The van der Waals surface area contributed by atoms with Crippen molar-refractivity contribution in [2.75, 3.05) is 18.8 Å². The molecule has 1 saturated heterocycles. The summed E-state index contributed by atoms with van der Waals surface area (Å²) in [5, 5.41) is 21.5. The molecule has 0 radical (unpaired) electrons. The van der Waals surface area contributed by atoms with Gasteiger partial charge in [-0.05, 0) is 82.8 Å². The monoisotopic (exact) mass is 1330 g/mol. The summed E-state index contributed by atoms with van der Waals surface area (Å²) in [4.78, 5) is 31.9. The van der Waals surface area contributed by atoms with Gasteiger partial charge in [-0.3, -0.25) is 23.1 Å². The second-order valence-corrected chi connectivity index (χ2v) is 26.4. The third kappa shape index (κ3) is 13.7. The van der Waals surface area contributed by atoms with Crippen molar-refractivity contribution in [3.05, 3.63) is 137 Å². The first kappa shape index (κ1) is 60.2. The summed E-state index contributed by atoms with van der Waals surface area (Å²) in [7, 11) is -4.75. The third-order valence-electron chi connectivity index (χ3n) is 11.8. The molecule has 11 aromatic rings. The van der Waals surface area contributed by atoms with Gasteiger partial charge in [0.15, 0.2) is 20.8 Å². The van der Waals surface area contributed by atoms with Gasteiger partial charge in [-0.25, -0.2) is 38.3 Å². The molecule has 7 heterocycles. The molecule has 1 fully saturated rings. The first-order chi connectivity index (χ1) is 37.7. The molecular formula is C53H52Br2Cl3N13O4S4. The molecule has 1 aliphatic heterocycles. The molecule has 0 amide bonds. The molecule has 5 aromatic carbocycles. The standard InChI is InChI=1S/C13H13BrN4OS.C13H13BrN4S.C13H14N4S.C13H11NO3S.CHCl3/c1-7(2)18-12-9(6-16-18)10(14)4-8-5-15-13(20(3)19)17-11(8)12;1-7(2)18-12-9(6-16-18)10(14)4-8-5-15-13(19-3)17-11(8)12;1-8(2)17-12-10(7-15-17)5-4-9-6-14-13(18-3)16-11(9)12;15-18(16,12-9-5-2-6-10-12)14-13(17-14)11-7-3-1-4-8-11;2-1(3)4/h4-7H,1-3H3;4-7H,1-3H3;4-8H,1-3H3;1-10,13H;1H/t;;;13-,14?;/m...1./s1. The van der Waals surface area contributed by atoms with Crippen LogP contribution in [0.4, 0.5) is 0 Å². The summed E-state index contributed by atoms with van der Waals surface area (Å²) in [5.74, 6) is 0. The summed E-state index contributed by atoms with van der Waals surface area (Å²) in [6.07, 6.45) is 16.1. The van der Waals surface area contributed by atoms with Gasteiger partial charge >= 0.3 is 0 Å². The van der Waals surface area contributed by atoms with Crippen LogP contribution in [0.5, 0.6) is 0 Å². The smallest absolute Gasteiger partial charge is 0.260 e. The molecule has 17 nitrogen and oxygen atoms in total. The van der Waals surface area contributed by atoms with Crippen LogP contribution in [0.2, 0.25) is 0 Å². The van der Waals surface area contributed by atoms with Gasteiger partial charge in [0.25, 0.3) is 10.0 Å². The second kappa shape index (κ2) is 26.3. The van der Waals surface area contributed by atoms with Crippen LogP contribution in [0.3, 0.4) is 0 Å². The van der Waals surface area contributed by atoms with E-state index in [1.54, 1.807) is 66.3 Å². The fraction of sp³-hybridized carbons (Fsp3) is 0.264. The molecule has 6 aromatic heterocycles. The Balaban J connectivity index is 0.000000136. The predicted molar refractivity (Wildman–Crippen MR) is 328 cm³/mol. The lowest BCUT2D eigenvalue weighted by Gasteiger charge is -2.10. The molecule has 1 aliphatic rings. The highest BCUT2D eigenvalue weighted by atomic mass is 79.9. The highest BCUT2D eigenvalue weighted by Crippen LogP contribution is 2.42. The predicted octanol–water partition coefficient (Wildman–Crippen LogP) is 14.7. The Morgan fingerprint density at radius 2 is 1.01 bits per heavy atom. The summed E-state index contributed by atoms with van der Waals surface area (Å²) < 4.78 is 44.2. The van der Waals surface area contributed by atoms with Gasteiger partial charge in [0.1, 0.15) is 16.6 Å². The number of thioether (sulfide) groups is 2. The van der Waals surface area contributed by atoms with Crippen molar-refractivity contribution in [2.24, 2.45) is 0 Å². The van der Waals surface area contributed by atoms with Gasteiger partial charge < -0.3 is 0 Å². The Morgan fingerprint density at radius 3 is 1.51 bits per heavy atom. The lowest BCUT2D eigenvalue weighted by Crippen LogP contribution is -2.12. The number of nitrogens with zero attached hydrogens (tertiary/aromatic N) is 13. The Bertz CT molecular complexity index is 4080. The number of benzene rings is 5. The van der Waals surface area contributed by atoms with E-state index in [0.29, 0.717) is 17.2 Å². The Morgan fingerprint density at radius 1 is 0.582 bits per heavy atom. The maximum Gasteiger partial charge on any atom is 0.267 e. The lowest BCUT2D eigenvalue weighted by molar-refractivity contribution is 0.283. The molecule has 2 unspecified atom stereocenters. The molecular weight excluding hydrogens is 1280 g/mol. The number of aromatic nitrogens is 12. The molecule has 0 aliphatic carbocycles. The number of hydroxylamine groups is 1. The zero-order chi connectivity index (χ0) is 56.9.